The first-order valence-electron chi connectivity index (χ1n) is 15.8. The van der Waals surface area contributed by atoms with Gasteiger partial charge in [0, 0.05) is 46.8 Å². The van der Waals surface area contributed by atoms with Crippen LogP contribution in [0.25, 0.3) is 0 Å². The number of amides is 1. The molecule has 2 aliphatic heterocycles. The van der Waals surface area contributed by atoms with Crippen molar-refractivity contribution >= 4 is 47.4 Å². The lowest BCUT2D eigenvalue weighted by atomic mass is 9.94. The smallest absolute Gasteiger partial charge is 0.467 e. The maximum absolute atomic E-state index is 13.7. The Morgan fingerprint density at radius 2 is 1.27 bits per heavy atom. The molecule has 1 aromatic carbocycles. The molecule has 0 bridgehead atoms. The molecule has 0 radical (unpaired) electrons. The highest BCUT2D eigenvalue weighted by atomic mass is 19.4. The first kappa shape index (κ1) is 43.8. The third-order valence-corrected chi connectivity index (χ3v) is 7.38. The van der Waals surface area contributed by atoms with Crippen molar-refractivity contribution in [2.24, 2.45) is 0 Å². The summed E-state index contributed by atoms with van der Waals surface area (Å²) in [5, 5.41) is 12.7. The molecule has 10 atom stereocenters. The summed E-state index contributed by atoms with van der Waals surface area (Å²) in [7, 11) is 0.868. The largest absolute Gasteiger partial charge is 0.471 e. The molecule has 55 heavy (non-hydrogen) atoms. The molecular weight excluding hydrogens is 761 g/mol. The second-order valence-electron chi connectivity index (χ2n) is 11.6. The van der Waals surface area contributed by atoms with E-state index in [4.69, 9.17) is 47.4 Å². The van der Waals surface area contributed by atoms with Crippen molar-refractivity contribution in [1.29, 1.82) is 0 Å². The molecule has 0 unspecified atom stereocenters. The van der Waals surface area contributed by atoms with Gasteiger partial charge in [0.05, 0.1) is 12.0 Å². The molecule has 0 saturated carbocycles. The second-order valence-corrected chi connectivity index (χ2v) is 11.6. The van der Waals surface area contributed by atoms with E-state index in [0.717, 1.165) is 66.0 Å². The Balaban J connectivity index is 2.22. The highest BCUT2D eigenvalue weighted by Crippen LogP contribution is 2.36. The number of nitrogens with one attached hydrogen (secondary N) is 1. The van der Waals surface area contributed by atoms with Gasteiger partial charge in [-0.3, -0.25) is 38.9 Å². The molecule has 2 fully saturated rings. The number of alkyl halides is 3. The summed E-state index contributed by atoms with van der Waals surface area (Å²) in [5.74, 6) is -9.54. The molecule has 1 amide bonds. The molecule has 2 saturated heterocycles. The third kappa shape index (κ3) is 11.9. The van der Waals surface area contributed by atoms with Crippen molar-refractivity contribution in [3.63, 3.8) is 0 Å². The molecular formula is C31H35F3N2O19. The second kappa shape index (κ2) is 18.6. The maximum atomic E-state index is 13.7. The van der Waals surface area contributed by atoms with Gasteiger partial charge >= 0.3 is 47.9 Å². The zero-order chi connectivity index (χ0) is 41.4. The molecule has 304 valence electrons. The Kier molecular flexibility index (Phi) is 14.8. The number of hydrogen-bond acceptors (Lipinski definition) is 19. The van der Waals surface area contributed by atoms with Crippen molar-refractivity contribution in [3.05, 3.63) is 34.4 Å². The van der Waals surface area contributed by atoms with Crippen LogP contribution in [0.2, 0.25) is 0 Å². The summed E-state index contributed by atoms with van der Waals surface area (Å²) < 4.78 is 95.2. The molecule has 2 heterocycles. The Morgan fingerprint density at radius 3 is 1.76 bits per heavy atom. The van der Waals surface area contributed by atoms with Crippen molar-refractivity contribution in [2.45, 2.75) is 102 Å². The molecule has 1 aromatic rings. The lowest BCUT2D eigenvalue weighted by Gasteiger charge is -2.48. The lowest BCUT2D eigenvalue weighted by Crippen LogP contribution is -2.70. The predicted molar refractivity (Wildman–Crippen MR) is 165 cm³/mol. The number of ether oxygens (including phenoxy) is 10. The quantitative estimate of drug-likeness (QED) is 0.122. The Hall–Kier alpha value is -5.62. The SMILES string of the molecule is COC(=O)[C@H]1O[C@@H](Oc2ccc([N+](=O)[O-])cc2)[C@H](OC(C)=O)[C@@H](OC(C)=O)[C@@H]1O[C@H]1O[C@H](COC(C)=O)[C@@H](OC(C)=O)[C@H](OC(C)=O)[C@H]1NC(=O)C(F)(F)F. The number of nitro groups is 1. The fraction of sp³-hybridized carbons (Fsp3) is 0.581. The molecule has 1 N–H and O–H groups in total. The minimum absolute atomic E-state index is 0.170. The van der Waals surface area contributed by atoms with E-state index >= 15 is 0 Å². The molecule has 2 aliphatic rings. The van der Waals surface area contributed by atoms with Crippen LogP contribution in [0.4, 0.5) is 18.9 Å². The lowest BCUT2D eigenvalue weighted by molar-refractivity contribution is -0.384. The Morgan fingerprint density at radius 1 is 0.745 bits per heavy atom. The summed E-state index contributed by atoms with van der Waals surface area (Å²) in [6.45, 7) is 3.59. The van der Waals surface area contributed by atoms with Crippen LogP contribution in [0.1, 0.15) is 34.6 Å². The van der Waals surface area contributed by atoms with Gasteiger partial charge in [-0.25, -0.2) is 4.79 Å². The van der Waals surface area contributed by atoms with Crippen molar-refractivity contribution < 1.29 is 99.0 Å². The highest BCUT2D eigenvalue weighted by molar-refractivity contribution is 5.82. The van der Waals surface area contributed by atoms with E-state index in [-0.39, 0.29) is 11.4 Å². The van der Waals surface area contributed by atoms with Crippen LogP contribution in [0.15, 0.2) is 24.3 Å². The Bertz CT molecular complexity index is 1620. The van der Waals surface area contributed by atoms with Gasteiger partial charge in [0.1, 0.15) is 30.6 Å². The Labute approximate surface area is 308 Å². The number of nitro benzene ring substituents is 1. The van der Waals surface area contributed by atoms with Gasteiger partial charge in [0.25, 0.3) is 5.69 Å². The fourth-order valence-corrected chi connectivity index (χ4v) is 5.34. The predicted octanol–water partition coefficient (Wildman–Crippen LogP) is 0.319. The average Bonchev–Trinajstić information content (AvgIpc) is 3.07. The third-order valence-electron chi connectivity index (χ3n) is 7.38. The van der Waals surface area contributed by atoms with Crippen LogP contribution in [-0.2, 0) is 76.2 Å². The summed E-state index contributed by atoms with van der Waals surface area (Å²) >= 11 is 0. The number of nitrogens with zero attached hydrogens (tertiary/aromatic N) is 1. The first-order valence-corrected chi connectivity index (χ1v) is 15.8. The van der Waals surface area contributed by atoms with Crippen molar-refractivity contribution in [2.75, 3.05) is 13.7 Å². The van der Waals surface area contributed by atoms with E-state index in [1.165, 1.54) is 0 Å². The van der Waals surface area contributed by atoms with Crippen molar-refractivity contribution in [1.82, 2.24) is 5.32 Å². The number of non-ortho nitro benzene ring substituents is 1. The molecule has 0 aromatic heterocycles. The van der Waals surface area contributed by atoms with Crippen LogP contribution >= 0.6 is 0 Å². The van der Waals surface area contributed by atoms with Gasteiger partial charge in [-0.15, -0.1) is 0 Å². The summed E-state index contributed by atoms with van der Waals surface area (Å²) in [6, 6.07) is 1.96. The van der Waals surface area contributed by atoms with E-state index in [9.17, 15) is 56.8 Å². The standard InChI is InChI=1S/C31H35F3N2O19/c1-12(37)47-11-19-21(48-13(2)38)22(49-14(3)39)20(35-30(43)31(32,33)34)28(53-19)54-23-24(50-15(4)40)26(51-16(5)41)29(55-25(23)27(42)46-6)52-18-9-7-17(8-10-18)36(44)45/h7-10,19-26,28-29H,11H2,1-6H3,(H,35,43)/t19-,20-,21-,22-,23+,24+,25+,26-,28-,29-/m1/s1. The number of benzene rings is 1. The zero-order valence-electron chi connectivity index (χ0n) is 29.6. The van der Waals surface area contributed by atoms with Crippen molar-refractivity contribution in [3.8, 4) is 5.75 Å². The van der Waals surface area contributed by atoms with Crippen LogP contribution in [0, 0.1) is 10.1 Å². The number of esters is 6. The van der Waals surface area contributed by atoms with Crippen LogP contribution < -0.4 is 10.1 Å². The molecule has 21 nitrogen and oxygen atoms in total. The van der Waals surface area contributed by atoms with Gasteiger partial charge < -0.3 is 52.7 Å². The normalized spacial score (nSPS) is 27.7. The number of rotatable bonds is 13. The van der Waals surface area contributed by atoms with E-state index in [0.29, 0.717) is 0 Å². The number of methoxy groups -OCH3 is 1. The maximum Gasteiger partial charge on any atom is 0.471 e. The number of hydrogen-bond donors (Lipinski definition) is 1. The average molecular weight is 797 g/mol. The van der Waals surface area contributed by atoms with Gasteiger partial charge in [0.15, 0.2) is 30.7 Å². The molecule has 3 rings (SSSR count). The van der Waals surface area contributed by atoms with Crippen LogP contribution in [0.5, 0.6) is 5.75 Å². The fourth-order valence-electron chi connectivity index (χ4n) is 5.34. The van der Waals surface area contributed by atoms with E-state index in [1.807, 2.05) is 0 Å². The minimum atomic E-state index is -5.59. The van der Waals surface area contributed by atoms with Gasteiger partial charge in [-0.2, -0.15) is 13.2 Å². The van der Waals surface area contributed by atoms with E-state index < -0.39 is 121 Å². The summed E-state index contributed by atoms with van der Waals surface area (Å²) in [5.41, 5.74) is -0.359. The summed E-state index contributed by atoms with van der Waals surface area (Å²) in [4.78, 5) is 97.0. The number of carbonyl (C=O) groups is 7. The van der Waals surface area contributed by atoms with Crippen LogP contribution in [0.3, 0.4) is 0 Å². The van der Waals surface area contributed by atoms with Gasteiger partial charge in [-0.1, -0.05) is 0 Å². The number of carbonyl (C=O) groups excluding carboxylic acids is 7. The zero-order valence-corrected chi connectivity index (χ0v) is 29.6. The first-order chi connectivity index (χ1) is 25.6. The highest BCUT2D eigenvalue weighted by Gasteiger charge is 2.59. The topological polar surface area (TPSA) is 267 Å². The molecule has 0 spiro atoms. The van der Waals surface area contributed by atoms with Crippen LogP contribution in [-0.4, -0.2) is 128 Å². The summed E-state index contributed by atoms with van der Waals surface area (Å²) in [6.07, 6.45) is -23.8. The van der Waals surface area contributed by atoms with Gasteiger partial charge in [0.2, 0.25) is 12.4 Å². The van der Waals surface area contributed by atoms with E-state index in [1.54, 1.807) is 5.32 Å². The number of halogens is 3. The van der Waals surface area contributed by atoms with Gasteiger partial charge in [-0.05, 0) is 12.1 Å². The monoisotopic (exact) mass is 796 g/mol. The minimum Gasteiger partial charge on any atom is -0.467 e. The molecule has 0 aliphatic carbocycles. The molecule has 24 heteroatoms. The van der Waals surface area contributed by atoms with E-state index in [2.05, 4.69) is 0 Å².